The number of hydrogen-bond donors (Lipinski definition) is 3. The van der Waals surface area contributed by atoms with Gasteiger partial charge in [0.05, 0.1) is 0 Å². The molecule has 3 aromatic heterocycles. The van der Waals surface area contributed by atoms with Gasteiger partial charge in [-0.3, -0.25) is 9.48 Å². The lowest BCUT2D eigenvalue weighted by atomic mass is 10.2. The summed E-state index contributed by atoms with van der Waals surface area (Å²) in [4.78, 5) is 25.0. The van der Waals surface area contributed by atoms with Crippen molar-refractivity contribution in [3.05, 3.63) is 79.5 Å². The summed E-state index contributed by atoms with van der Waals surface area (Å²) in [6.45, 7) is 1.80. The number of benzene rings is 1. The van der Waals surface area contributed by atoms with Crippen LogP contribution in [0, 0.1) is 0 Å². The van der Waals surface area contributed by atoms with Gasteiger partial charge in [-0.25, -0.2) is 15.0 Å². The number of nitrogens with zero attached hydrogens (tertiary/aromatic N) is 5. The average Bonchev–Trinajstić information content (AvgIpc) is 3.30. The molecule has 150 valence electrons. The molecule has 3 heterocycles. The summed E-state index contributed by atoms with van der Waals surface area (Å²) >= 11 is 0. The third kappa shape index (κ3) is 4.76. The molecule has 9 heteroatoms. The highest BCUT2D eigenvalue weighted by Gasteiger charge is 2.14. The molecule has 0 bridgehead atoms. The molecule has 0 fully saturated rings. The zero-order chi connectivity index (χ0) is 20.8. The SMILES string of the molecule is CC(C(=O)Nc1ccc(Nc2cc(Nc3ccccn3)ncn2)cc1)n1cccn1. The fourth-order valence-corrected chi connectivity index (χ4v) is 2.72. The normalized spacial score (nSPS) is 11.5. The van der Waals surface area contributed by atoms with Gasteiger partial charge in [-0.05, 0) is 49.4 Å². The Balaban J connectivity index is 1.38. The van der Waals surface area contributed by atoms with Crippen LogP contribution in [0.1, 0.15) is 13.0 Å². The Bertz CT molecular complexity index is 1100. The molecule has 30 heavy (non-hydrogen) atoms. The molecule has 1 amide bonds. The van der Waals surface area contributed by atoms with Gasteiger partial charge in [0.15, 0.2) is 0 Å². The van der Waals surface area contributed by atoms with Gasteiger partial charge in [0, 0.05) is 36.0 Å². The van der Waals surface area contributed by atoms with E-state index in [4.69, 9.17) is 0 Å². The number of anilines is 5. The molecule has 0 radical (unpaired) electrons. The van der Waals surface area contributed by atoms with E-state index in [-0.39, 0.29) is 5.91 Å². The monoisotopic (exact) mass is 400 g/mol. The number of aromatic nitrogens is 5. The zero-order valence-electron chi connectivity index (χ0n) is 16.2. The lowest BCUT2D eigenvalue weighted by Gasteiger charge is -2.13. The van der Waals surface area contributed by atoms with Gasteiger partial charge in [0.25, 0.3) is 0 Å². The minimum absolute atomic E-state index is 0.138. The minimum Gasteiger partial charge on any atom is -0.340 e. The highest BCUT2D eigenvalue weighted by molar-refractivity contribution is 5.93. The van der Waals surface area contributed by atoms with Gasteiger partial charge < -0.3 is 16.0 Å². The van der Waals surface area contributed by atoms with Crippen molar-refractivity contribution < 1.29 is 4.79 Å². The summed E-state index contributed by atoms with van der Waals surface area (Å²) in [7, 11) is 0. The van der Waals surface area contributed by atoms with E-state index in [2.05, 4.69) is 36.0 Å². The Hall–Kier alpha value is -4.27. The molecule has 3 N–H and O–H groups in total. The van der Waals surface area contributed by atoms with E-state index in [1.54, 1.807) is 42.3 Å². The van der Waals surface area contributed by atoms with Crippen molar-refractivity contribution >= 4 is 34.7 Å². The maximum atomic E-state index is 12.4. The quantitative estimate of drug-likeness (QED) is 0.433. The molecule has 4 rings (SSSR count). The standard InChI is InChI=1S/C21H20N8O/c1-15(29-12-4-11-25-29)21(30)27-17-8-6-16(7-9-17)26-19-13-20(24-14-23-19)28-18-5-2-3-10-22-18/h2-15H,1H3,(H,27,30)(H2,22,23,24,26,28). The van der Waals surface area contributed by atoms with E-state index in [9.17, 15) is 4.79 Å². The Morgan fingerprint density at radius 1 is 0.867 bits per heavy atom. The summed E-state index contributed by atoms with van der Waals surface area (Å²) in [5.74, 6) is 1.82. The van der Waals surface area contributed by atoms with Crippen LogP contribution in [-0.4, -0.2) is 30.6 Å². The first-order chi connectivity index (χ1) is 14.7. The molecular weight excluding hydrogens is 380 g/mol. The molecule has 1 atom stereocenters. The molecule has 0 saturated carbocycles. The van der Waals surface area contributed by atoms with Crippen LogP contribution in [0.4, 0.5) is 28.8 Å². The van der Waals surface area contributed by atoms with Crippen molar-refractivity contribution in [2.45, 2.75) is 13.0 Å². The molecule has 1 aromatic carbocycles. The molecular formula is C21H20N8O. The van der Waals surface area contributed by atoms with Crippen LogP contribution in [-0.2, 0) is 4.79 Å². The number of pyridine rings is 1. The number of carbonyl (C=O) groups excluding carboxylic acids is 1. The third-order valence-corrected chi connectivity index (χ3v) is 4.31. The molecule has 4 aromatic rings. The van der Waals surface area contributed by atoms with E-state index >= 15 is 0 Å². The average molecular weight is 400 g/mol. The topological polar surface area (TPSA) is 110 Å². The predicted octanol–water partition coefficient (Wildman–Crippen LogP) is 3.76. The number of amides is 1. The third-order valence-electron chi connectivity index (χ3n) is 4.31. The van der Waals surface area contributed by atoms with Crippen LogP contribution in [0.15, 0.2) is 79.5 Å². The molecule has 0 saturated heterocycles. The van der Waals surface area contributed by atoms with Crippen LogP contribution in [0.25, 0.3) is 0 Å². The molecule has 1 unspecified atom stereocenters. The van der Waals surface area contributed by atoms with E-state index in [0.717, 1.165) is 5.69 Å². The molecule has 9 nitrogen and oxygen atoms in total. The van der Waals surface area contributed by atoms with E-state index in [0.29, 0.717) is 23.1 Å². The van der Waals surface area contributed by atoms with Crippen molar-refractivity contribution in [1.82, 2.24) is 24.7 Å². The minimum atomic E-state index is -0.399. The largest absolute Gasteiger partial charge is 0.340 e. The number of nitrogens with one attached hydrogen (secondary N) is 3. The summed E-state index contributed by atoms with van der Waals surface area (Å²) in [6, 6.07) is 16.1. The van der Waals surface area contributed by atoms with Crippen molar-refractivity contribution in [2.24, 2.45) is 0 Å². The summed E-state index contributed by atoms with van der Waals surface area (Å²) in [5, 5.41) is 13.3. The predicted molar refractivity (Wildman–Crippen MR) is 115 cm³/mol. The van der Waals surface area contributed by atoms with Crippen molar-refractivity contribution in [3.8, 4) is 0 Å². The maximum absolute atomic E-state index is 12.4. The van der Waals surface area contributed by atoms with Gasteiger partial charge in [0.2, 0.25) is 5.91 Å². The molecule has 0 aliphatic carbocycles. The van der Waals surface area contributed by atoms with E-state index < -0.39 is 6.04 Å². The second kappa shape index (κ2) is 8.82. The molecule has 0 aliphatic rings. The Morgan fingerprint density at radius 2 is 1.63 bits per heavy atom. The summed E-state index contributed by atoms with van der Waals surface area (Å²) in [6.07, 6.45) is 6.59. The van der Waals surface area contributed by atoms with E-state index in [1.807, 2.05) is 42.5 Å². The highest BCUT2D eigenvalue weighted by Crippen LogP contribution is 2.20. The van der Waals surface area contributed by atoms with Crippen LogP contribution in [0.3, 0.4) is 0 Å². The van der Waals surface area contributed by atoms with Gasteiger partial charge in [-0.2, -0.15) is 5.10 Å². The van der Waals surface area contributed by atoms with Gasteiger partial charge in [0.1, 0.15) is 29.8 Å². The van der Waals surface area contributed by atoms with Crippen molar-refractivity contribution in [3.63, 3.8) is 0 Å². The summed E-state index contributed by atoms with van der Waals surface area (Å²) < 4.78 is 1.61. The van der Waals surface area contributed by atoms with Crippen molar-refractivity contribution in [1.29, 1.82) is 0 Å². The number of carbonyl (C=O) groups is 1. The Labute approximate surface area is 173 Å². The van der Waals surface area contributed by atoms with Gasteiger partial charge in [-0.15, -0.1) is 0 Å². The van der Waals surface area contributed by atoms with Crippen LogP contribution >= 0.6 is 0 Å². The van der Waals surface area contributed by atoms with E-state index in [1.165, 1.54) is 6.33 Å². The first kappa shape index (κ1) is 19.1. The van der Waals surface area contributed by atoms with Crippen LogP contribution < -0.4 is 16.0 Å². The maximum Gasteiger partial charge on any atom is 0.248 e. The highest BCUT2D eigenvalue weighted by atomic mass is 16.2. The second-order valence-electron chi connectivity index (χ2n) is 6.48. The summed E-state index contributed by atoms with van der Waals surface area (Å²) in [5.41, 5.74) is 1.53. The number of rotatable bonds is 7. The van der Waals surface area contributed by atoms with Gasteiger partial charge >= 0.3 is 0 Å². The van der Waals surface area contributed by atoms with Crippen LogP contribution in [0.5, 0.6) is 0 Å². The zero-order valence-corrected chi connectivity index (χ0v) is 16.2. The van der Waals surface area contributed by atoms with Crippen molar-refractivity contribution in [2.75, 3.05) is 16.0 Å². The Morgan fingerprint density at radius 3 is 2.33 bits per heavy atom. The fourth-order valence-electron chi connectivity index (χ4n) is 2.72. The Kier molecular flexibility index (Phi) is 5.61. The first-order valence-corrected chi connectivity index (χ1v) is 9.34. The molecule has 0 spiro atoms. The number of hydrogen-bond acceptors (Lipinski definition) is 7. The van der Waals surface area contributed by atoms with Crippen LogP contribution in [0.2, 0.25) is 0 Å². The fraction of sp³-hybridized carbons (Fsp3) is 0.0952. The van der Waals surface area contributed by atoms with Gasteiger partial charge in [-0.1, -0.05) is 6.07 Å². The smallest absolute Gasteiger partial charge is 0.248 e. The molecule has 0 aliphatic heterocycles. The lowest BCUT2D eigenvalue weighted by Crippen LogP contribution is -2.23. The lowest BCUT2D eigenvalue weighted by molar-refractivity contribution is -0.119. The second-order valence-corrected chi connectivity index (χ2v) is 6.48. The first-order valence-electron chi connectivity index (χ1n) is 9.34.